The number of carbonyl (C=O) groups is 1. The summed E-state index contributed by atoms with van der Waals surface area (Å²) < 4.78 is 6.73. The van der Waals surface area contributed by atoms with E-state index >= 15 is 0 Å². The molecule has 0 spiro atoms. The Morgan fingerprint density at radius 1 is 1.24 bits per heavy atom. The van der Waals surface area contributed by atoms with Gasteiger partial charge in [-0.25, -0.2) is 4.98 Å². The van der Waals surface area contributed by atoms with Crippen LogP contribution in [-0.2, 0) is 16.1 Å². The summed E-state index contributed by atoms with van der Waals surface area (Å²) in [4.78, 5) is 30.3. The first kappa shape index (κ1) is 21.1. The zero-order valence-corrected chi connectivity index (χ0v) is 17.9. The third kappa shape index (κ3) is 4.86. The van der Waals surface area contributed by atoms with Gasteiger partial charge in [0.15, 0.2) is 5.16 Å². The second-order valence-corrected chi connectivity index (χ2v) is 8.24. The van der Waals surface area contributed by atoms with Crippen LogP contribution in [0, 0.1) is 13.8 Å². The van der Waals surface area contributed by atoms with Crippen LogP contribution in [0.1, 0.15) is 18.1 Å². The number of aryl methyl sites for hydroxylation is 2. The summed E-state index contributed by atoms with van der Waals surface area (Å²) in [5, 5.41) is 3.60. The largest absolute Gasteiger partial charge is 0.383 e. The molecular weight excluding hydrogens is 386 g/mol. The minimum Gasteiger partial charge on any atom is -0.383 e. The molecule has 0 unspecified atom stereocenters. The van der Waals surface area contributed by atoms with Gasteiger partial charge in [-0.2, -0.15) is 0 Å². The quantitative estimate of drug-likeness (QED) is 0.473. The fourth-order valence-electron chi connectivity index (χ4n) is 3.02. The number of hydrogen-bond acceptors (Lipinski definition) is 5. The van der Waals surface area contributed by atoms with Gasteiger partial charge in [0.1, 0.15) is 0 Å². The first-order chi connectivity index (χ1) is 13.9. The molecule has 0 aliphatic heterocycles. The van der Waals surface area contributed by atoms with Gasteiger partial charge in [0.25, 0.3) is 5.56 Å². The molecule has 0 saturated heterocycles. The predicted octanol–water partition coefficient (Wildman–Crippen LogP) is 3.78. The number of nitrogens with zero attached hydrogens (tertiary/aromatic N) is 2. The number of nitrogens with one attached hydrogen (secondary N) is 1. The van der Waals surface area contributed by atoms with E-state index < -0.39 is 5.25 Å². The summed E-state index contributed by atoms with van der Waals surface area (Å²) in [6, 6.07) is 13.1. The molecule has 0 radical (unpaired) electrons. The number of aromatic nitrogens is 2. The van der Waals surface area contributed by atoms with Crippen LogP contribution in [-0.4, -0.2) is 34.4 Å². The molecule has 0 aliphatic rings. The van der Waals surface area contributed by atoms with Gasteiger partial charge in [0.2, 0.25) is 5.91 Å². The van der Waals surface area contributed by atoms with E-state index in [9.17, 15) is 9.59 Å². The molecule has 1 heterocycles. The third-order valence-electron chi connectivity index (χ3n) is 4.64. The van der Waals surface area contributed by atoms with Crippen LogP contribution < -0.4 is 10.9 Å². The van der Waals surface area contributed by atoms with E-state index in [1.807, 2.05) is 57.2 Å². The van der Waals surface area contributed by atoms with E-state index in [2.05, 4.69) is 10.3 Å². The lowest BCUT2D eigenvalue weighted by Gasteiger charge is -2.17. The molecule has 1 N–H and O–H groups in total. The first-order valence-electron chi connectivity index (χ1n) is 9.44. The van der Waals surface area contributed by atoms with Crippen molar-refractivity contribution >= 4 is 34.3 Å². The van der Waals surface area contributed by atoms with Crippen molar-refractivity contribution in [1.29, 1.82) is 0 Å². The van der Waals surface area contributed by atoms with Crippen molar-refractivity contribution in [1.82, 2.24) is 9.55 Å². The highest BCUT2D eigenvalue weighted by atomic mass is 32.2. The van der Waals surface area contributed by atoms with Gasteiger partial charge in [0.05, 0.1) is 29.3 Å². The Labute approximate surface area is 174 Å². The lowest BCUT2D eigenvalue weighted by Crippen LogP contribution is -2.28. The summed E-state index contributed by atoms with van der Waals surface area (Å²) in [7, 11) is 1.59. The molecule has 0 aliphatic carbocycles. The maximum atomic E-state index is 12.9. The number of thioether (sulfide) groups is 1. The molecule has 0 bridgehead atoms. The van der Waals surface area contributed by atoms with Gasteiger partial charge >= 0.3 is 0 Å². The second-order valence-electron chi connectivity index (χ2n) is 6.93. The van der Waals surface area contributed by atoms with Gasteiger partial charge in [0, 0.05) is 12.8 Å². The topological polar surface area (TPSA) is 73.2 Å². The van der Waals surface area contributed by atoms with Gasteiger partial charge in [-0.15, -0.1) is 0 Å². The average molecular weight is 412 g/mol. The molecule has 29 heavy (non-hydrogen) atoms. The number of para-hydroxylation sites is 1. The summed E-state index contributed by atoms with van der Waals surface area (Å²) in [5.74, 6) is -0.136. The van der Waals surface area contributed by atoms with Gasteiger partial charge in [-0.3, -0.25) is 14.2 Å². The molecule has 1 aromatic heterocycles. The predicted molar refractivity (Wildman–Crippen MR) is 118 cm³/mol. The van der Waals surface area contributed by atoms with E-state index in [0.29, 0.717) is 29.2 Å². The van der Waals surface area contributed by atoms with Crippen LogP contribution >= 0.6 is 11.8 Å². The zero-order valence-electron chi connectivity index (χ0n) is 17.1. The molecule has 0 saturated carbocycles. The average Bonchev–Trinajstić information content (AvgIpc) is 2.70. The van der Waals surface area contributed by atoms with Crippen molar-refractivity contribution in [3.63, 3.8) is 0 Å². The van der Waals surface area contributed by atoms with Gasteiger partial charge in [-0.05, 0) is 44.5 Å². The molecule has 1 atom stereocenters. The summed E-state index contributed by atoms with van der Waals surface area (Å²) >= 11 is 1.27. The van der Waals surface area contributed by atoms with Crippen molar-refractivity contribution < 1.29 is 9.53 Å². The monoisotopic (exact) mass is 411 g/mol. The summed E-state index contributed by atoms with van der Waals surface area (Å²) in [5.41, 5.74) is 3.44. The normalized spacial score (nSPS) is 12.1. The molecule has 152 valence electrons. The number of hydrogen-bond donors (Lipinski definition) is 1. The molecule has 1 amide bonds. The van der Waals surface area contributed by atoms with E-state index in [-0.39, 0.29) is 11.5 Å². The maximum absolute atomic E-state index is 12.9. The first-order valence-corrected chi connectivity index (χ1v) is 10.3. The summed E-state index contributed by atoms with van der Waals surface area (Å²) in [6.45, 7) is 6.55. The SMILES string of the molecule is COCCn1c(S[C@H](C)C(=O)Nc2ccc(C)cc2C)nc2ccccc2c1=O. The smallest absolute Gasteiger partial charge is 0.262 e. The number of methoxy groups -OCH3 is 1. The minimum absolute atomic E-state index is 0.128. The maximum Gasteiger partial charge on any atom is 0.262 e. The number of benzene rings is 2. The molecule has 7 heteroatoms. The number of carbonyl (C=O) groups excluding carboxylic acids is 1. The minimum atomic E-state index is -0.433. The van der Waals surface area contributed by atoms with E-state index in [0.717, 1.165) is 16.8 Å². The molecular formula is C22H25N3O3S. The Bertz CT molecular complexity index is 1090. The second kappa shape index (κ2) is 9.24. The van der Waals surface area contributed by atoms with E-state index in [1.54, 1.807) is 17.7 Å². The van der Waals surface area contributed by atoms with Crippen molar-refractivity contribution in [2.45, 2.75) is 37.7 Å². The van der Waals surface area contributed by atoms with Gasteiger partial charge < -0.3 is 10.1 Å². The Kier molecular flexibility index (Phi) is 6.71. The number of rotatable bonds is 7. The van der Waals surface area contributed by atoms with Crippen LogP contribution in [0.15, 0.2) is 52.4 Å². The third-order valence-corrected chi connectivity index (χ3v) is 5.73. The van der Waals surface area contributed by atoms with E-state index in [4.69, 9.17) is 4.74 Å². The van der Waals surface area contributed by atoms with Crippen molar-refractivity contribution in [2.24, 2.45) is 0 Å². The number of fused-ring (bicyclic) bond motifs is 1. The molecule has 6 nitrogen and oxygen atoms in total. The Balaban J connectivity index is 1.87. The van der Waals surface area contributed by atoms with Crippen molar-refractivity contribution in [3.05, 3.63) is 63.9 Å². The van der Waals surface area contributed by atoms with Crippen LogP contribution in [0.2, 0.25) is 0 Å². The lowest BCUT2D eigenvalue weighted by atomic mass is 10.1. The van der Waals surface area contributed by atoms with Gasteiger partial charge in [-0.1, -0.05) is 41.6 Å². The van der Waals surface area contributed by atoms with Crippen LogP contribution in [0.25, 0.3) is 10.9 Å². The van der Waals surface area contributed by atoms with E-state index in [1.165, 1.54) is 11.8 Å². The number of anilines is 1. The fourth-order valence-corrected chi connectivity index (χ4v) is 3.95. The highest BCUT2D eigenvalue weighted by Gasteiger charge is 2.20. The standard InChI is InChI=1S/C22H25N3O3S/c1-14-9-10-18(15(2)13-14)23-20(26)16(3)29-22-24-19-8-6-5-7-17(19)21(27)25(22)11-12-28-4/h5-10,13,16H,11-12H2,1-4H3,(H,23,26)/t16-/m1/s1. The van der Waals surface area contributed by atoms with Crippen LogP contribution in [0.5, 0.6) is 0 Å². The lowest BCUT2D eigenvalue weighted by molar-refractivity contribution is -0.115. The van der Waals surface area contributed by atoms with Crippen molar-refractivity contribution in [3.8, 4) is 0 Å². The van der Waals surface area contributed by atoms with Crippen molar-refractivity contribution in [2.75, 3.05) is 19.0 Å². The zero-order chi connectivity index (χ0) is 21.0. The highest BCUT2D eigenvalue weighted by Crippen LogP contribution is 2.24. The van der Waals surface area contributed by atoms with Crippen LogP contribution in [0.3, 0.4) is 0 Å². The molecule has 3 rings (SSSR count). The Hall–Kier alpha value is -2.64. The molecule has 3 aromatic rings. The summed E-state index contributed by atoms with van der Waals surface area (Å²) in [6.07, 6.45) is 0. The Morgan fingerprint density at radius 2 is 2.00 bits per heavy atom. The Morgan fingerprint density at radius 3 is 2.72 bits per heavy atom. The number of amides is 1. The highest BCUT2D eigenvalue weighted by molar-refractivity contribution is 8.00. The van der Waals surface area contributed by atoms with Crippen LogP contribution in [0.4, 0.5) is 5.69 Å². The fraction of sp³-hybridized carbons (Fsp3) is 0.318. The molecule has 2 aromatic carbocycles. The number of ether oxygens (including phenoxy) is 1. The molecule has 0 fully saturated rings.